The van der Waals surface area contributed by atoms with E-state index in [0.29, 0.717) is 30.2 Å². The molecule has 2 fully saturated rings. The lowest BCUT2D eigenvalue weighted by molar-refractivity contribution is -0.119. The van der Waals surface area contributed by atoms with Crippen LogP contribution in [-0.2, 0) is 16.8 Å². The van der Waals surface area contributed by atoms with Gasteiger partial charge in [0.15, 0.2) is 11.0 Å². The maximum atomic E-state index is 12.6. The maximum absolute atomic E-state index is 12.6. The van der Waals surface area contributed by atoms with Gasteiger partial charge in [-0.15, -0.1) is 16.8 Å². The first-order valence-electron chi connectivity index (χ1n) is 10.9. The Hall–Kier alpha value is -2.08. The minimum absolute atomic E-state index is 0.105. The van der Waals surface area contributed by atoms with Crippen LogP contribution in [0.2, 0.25) is 0 Å². The SMILES string of the molecule is C=CCn1c(SCC(=O)NC(C2CC2)C2CC2)nnc1-c1ccc(C(C)(C)C)cc1. The summed E-state index contributed by atoms with van der Waals surface area (Å²) in [6.07, 6.45) is 6.90. The van der Waals surface area contributed by atoms with Crippen LogP contribution in [0.5, 0.6) is 0 Å². The number of thioether (sulfide) groups is 1. The molecule has 1 N–H and O–H groups in total. The summed E-state index contributed by atoms with van der Waals surface area (Å²) in [7, 11) is 0. The zero-order valence-electron chi connectivity index (χ0n) is 18.2. The summed E-state index contributed by atoms with van der Waals surface area (Å²) in [6, 6.07) is 8.89. The van der Waals surface area contributed by atoms with Crippen molar-refractivity contribution in [1.29, 1.82) is 0 Å². The molecule has 0 radical (unpaired) electrons. The highest BCUT2D eigenvalue weighted by molar-refractivity contribution is 7.99. The Kier molecular flexibility index (Phi) is 6.05. The van der Waals surface area contributed by atoms with Gasteiger partial charge in [0.2, 0.25) is 5.91 Å². The monoisotopic (exact) mass is 424 g/mol. The van der Waals surface area contributed by atoms with Crippen LogP contribution in [0.25, 0.3) is 11.4 Å². The zero-order valence-corrected chi connectivity index (χ0v) is 19.0. The molecule has 2 aromatic rings. The molecular formula is C24H32N4OS. The molecule has 30 heavy (non-hydrogen) atoms. The number of aromatic nitrogens is 3. The number of nitrogens with one attached hydrogen (secondary N) is 1. The molecule has 0 spiro atoms. The first kappa shape index (κ1) is 21.2. The molecular weight excluding hydrogens is 392 g/mol. The van der Waals surface area contributed by atoms with Gasteiger partial charge in [0.05, 0.1) is 5.75 Å². The molecule has 0 bridgehead atoms. The number of allylic oxidation sites excluding steroid dienone is 1. The van der Waals surface area contributed by atoms with Crippen molar-refractivity contribution in [2.24, 2.45) is 11.8 Å². The Morgan fingerprint density at radius 3 is 2.37 bits per heavy atom. The van der Waals surface area contributed by atoms with Crippen molar-refractivity contribution in [2.75, 3.05) is 5.75 Å². The van der Waals surface area contributed by atoms with Crippen LogP contribution in [0.3, 0.4) is 0 Å². The fraction of sp³-hybridized carbons (Fsp3) is 0.542. The molecule has 1 amide bonds. The number of rotatable bonds is 9. The van der Waals surface area contributed by atoms with Gasteiger partial charge in [-0.1, -0.05) is 62.9 Å². The second kappa shape index (κ2) is 8.58. The summed E-state index contributed by atoms with van der Waals surface area (Å²) in [5.74, 6) is 2.70. The molecule has 4 rings (SSSR count). The van der Waals surface area contributed by atoms with Crippen molar-refractivity contribution < 1.29 is 4.79 Å². The van der Waals surface area contributed by atoms with E-state index in [4.69, 9.17) is 0 Å². The number of hydrogen-bond acceptors (Lipinski definition) is 4. The highest BCUT2D eigenvalue weighted by Gasteiger charge is 2.42. The molecule has 0 saturated heterocycles. The third-order valence-corrected chi connectivity index (χ3v) is 6.92. The Morgan fingerprint density at radius 2 is 1.83 bits per heavy atom. The second-order valence-corrected chi connectivity index (χ2v) is 10.5. The van der Waals surface area contributed by atoms with Gasteiger partial charge in [0.25, 0.3) is 0 Å². The number of nitrogens with zero attached hydrogens (tertiary/aromatic N) is 3. The molecule has 1 heterocycles. The summed E-state index contributed by atoms with van der Waals surface area (Å²) < 4.78 is 2.04. The number of benzene rings is 1. The van der Waals surface area contributed by atoms with Crippen molar-refractivity contribution in [3.8, 4) is 11.4 Å². The maximum Gasteiger partial charge on any atom is 0.230 e. The molecule has 2 saturated carbocycles. The van der Waals surface area contributed by atoms with Gasteiger partial charge in [0, 0.05) is 18.2 Å². The van der Waals surface area contributed by atoms with E-state index < -0.39 is 0 Å². The minimum atomic E-state index is 0.105. The topological polar surface area (TPSA) is 59.8 Å². The lowest BCUT2D eigenvalue weighted by Gasteiger charge is -2.19. The van der Waals surface area contributed by atoms with E-state index in [2.05, 4.69) is 67.1 Å². The molecule has 2 aliphatic carbocycles. The third-order valence-electron chi connectivity index (χ3n) is 5.96. The first-order valence-corrected chi connectivity index (χ1v) is 11.9. The van der Waals surface area contributed by atoms with Crippen molar-refractivity contribution in [1.82, 2.24) is 20.1 Å². The Morgan fingerprint density at radius 1 is 1.20 bits per heavy atom. The zero-order chi connectivity index (χ0) is 21.3. The van der Waals surface area contributed by atoms with Crippen LogP contribution in [0, 0.1) is 11.8 Å². The Labute approximate surface area is 183 Å². The first-order chi connectivity index (χ1) is 14.4. The van der Waals surface area contributed by atoms with Crippen molar-refractivity contribution >= 4 is 17.7 Å². The molecule has 0 unspecified atom stereocenters. The van der Waals surface area contributed by atoms with Gasteiger partial charge in [-0.25, -0.2) is 0 Å². The van der Waals surface area contributed by atoms with Crippen LogP contribution in [0.15, 0.2) is 42.1 Å². The van der Waals surface area contributed by atoms with Gasteiger partial charge in [-0.05, 0) is 48.5 Å². The normalized spacial score (nSPS) is 16.7. The van der Waals surface area contributed by atoms with Gasteiger partial charge < -0.3 is 5.32 Å². The summed E-state index contributed by atoms with van der Waals surface area (Å²) >= 11 is 1.45. The van der Waals surface area contributed by atoms with E-state index in [0.717, 1.165) is 16.5 Å². The highest BCUT2D eigenvalue weighted by Crippen LogP contribution is 2.44. The molecule has 1 aromatic carbocycles. The van der Waals surface area contributed by atoms with Crippen LogP contribution in [0.4, 0.5) is 0 Å². The van der Waals surface area contributed by atoms with Crippen LogP contribution >= 0.6 is 11.8 Å². The number of hydrogen-bond donors (Lipinski definition) is 1. The smallest absolute Gasteiger partial charge is 0.230 e. The fourth-order valence-electron chi connectivity index (χ4n) is 3.91. The van der Waals surface area contributed by atoms with E-state index >= 15 is 0 Å². The number of amides is 1. The van der Waals surface area contributed by atoms with E-state index in [-0.39, 0.29) is 11.3 Å². The number of carbonyl (C=O) groups excluding carboxylic acids is 1. The van der Waals surface area contributed by atoms with Crippen LogP contribution in [0.1, 0.15) is 52.0 Å². The molecule has 2 aliphatic rings. The molecule has 0 aliphatic heterocycles. The van der Waals surface area contributed by atoms with Gasteiger partial charge in [0.1, 0.15) is 0 Å². The molecule has 1 aromatic heterocycles. The summed E-state index contributed by atoms with van der Waals surface area (Å²) in [6.45, 7) is 11.1. The molecule has 160 valence electrons. The Bertz CT molecular complexity index is 892. The predicted octanol–water partition coefficient (Wildman–Crippen LogP) is 4.83. The van der Waals surface area contributed by atoms with Crippen LogP contribution < -0.4 is 5.32 Å². The second-order valence-electron chi connectivity index (χ2n) is 9.59. The largest absolute Gasteiger partial charge is 0.352 e. The van der Waals surface area contributed by atoms with Crippen molar-refractivity contribution in [3.05, 3.63) is 42.5 Å². The predicted molar refractivity (Wildman–Crippen MR) is 122 cm³/mol. The molecule has 6 heteroatoms. The minimum Gasteiger partial charge on any atom is -0.352 e. The third kappa shape index (κ3) is 4.97. The quantitative estimate of drug-likeness (QED) is 0.463. The van der Waals surface area contributed by atoms with Gasteiger partial charge in [-0.2, -0.15) is 0 Å². The van der Waals surface area contributed by atoms with E-state index in [1.807, 2.05) is 10.6 Å². The van der Waals surface area contributed by atoms with Crippen LogP contribution in [-0.4, -0.2) is 32.5 Å². The average Bonchev–Trinajstić information content (AvgIpc) is 3.63. The fourth-order valence-corrected chi connectivity index (χ4v) is 4.67. The standard InChI is InChI=1S/C24H32N4OS/c1-5-14-28-22(18-10-12-19(13-11-18)24(2,3)4)26-27-23(28)30-15-20(29)25-21(16-6-7-16)17-8-9-17/h5,10-13,16-17,21H,1,6-9,14-15H2,2-4H3,(H,25,29). The average molecular weight is 425 g/mol. The Balaban J connectivity index is 1.44. The van der Waals surface area contributed by atoms with Gasteiger partial charge >= 0.3 is 0 Å². The number of carbonyl (C=O) groups is 1. The van der Waals surface area contributed by atoms with Crippen molar-refractivity contribution in [3.63, 3.8) is 0 Å². The summed E-state index contributed by atoms with van der Waals surface area (Å²) in [4.78, 5) is 12.6. The summed E-state index contributed by atoms with van der Waals surface area (Å²) in [5.41, 5.74) is 2.42. The highest BCUT2D eigenvalue weighted by atomic mass is 32.2. The van der Waals surface area contributed by atoms with E-state index in [9.17, 15) is 4.79 Å². The van der Waals surface area contributed by atoms with E-state index in [1.54, 1.807) is 0 Å². The summed E-state index contributed by atoms with van der Waals surface area (Å²) in [5, 5.41) is 12.8. The van der Waals surface area contributed by atoms with E-state index in [1.165, 1.54) is 43.0 Å². The molecule has 0 atom stereocenters. The molecule has 5 nitrogen and oxygen atoms in total. The van der Waals surface area contributed by atoms with Crippen molar-refractivity contribution in [2.45, 2.75) is 69.6 Å². The lowest BCUT2D eigenvalue weighted by Crippen LogP contribution is -2.39. The lowest BCUT2D eigenvalue weighted by atomic mass is 9.87. The van der Waals surface area contributed by atoms with Gasteiger partial charge in [-0.3, -0.25) is 9.36 Å².